The summed E-state index contributed by atoms with van der Waals surface area (Å²) in [6.45, 7) is 5.07. The Morgan fingerprint density at radius 1 is 1.11 bits per heavy atom. The molecular formula is C27H31N5O4. The Labute approximate surface area is 210 Å². The van der Waals surface area contributed by atoms with Crippen molar-refractivity contribution in [1.29, 1.82) is 0 Å². The van der Waals surface area contributed by atoms with Crippen LogP contribution in [0.5, 0.6) is 5.75 Å². The molecule has 0 spiro atoms. The third-order valence-corrected chi connectivity index (χ3v) is 6.75. The summed E-state index contributed by atoms with van der Waals surface area (Å²) < 4.78 is 0. The Morgan fingerprint density at radius 2 is 1.83 bits per heavy atom. The number of aromatic nitrogens is 3. The maximum absolute atomic E-state index is 12.3. The molecule has 1 fully saturated rings. The fourth-order valence-electron chi connectivity index (χ4n) is 4.57. The second-order valence-electron chi connectivity index (χ2n) is 9.23. The molecule has 9 nitrogen and oxygen atoms in total. The molecule has 4 rings (SSSR count). The van der Waals surface area contributed by atoms with Crippen molar-refractivity contribution >= 4 is 17.6 Å². The second kappa shape index (κ2) is 11.2. The number of benzene rings is 1. The van der Waals surface area contributed by atoms with E-state index in [0.717, 1.165) is 25.9 Å². The van der Waals surface area contributed by atoms with E-state index in [1.807, 2.05) is 12.3 Å². The van der Waals surface area contributed by atoms with Crippen LogP contribution in [0.25, 0.3) is 0 Å². The standard InChI is InChI=1S/C27H31N5O4/c1-17(21-4-3-11-28-15-21)20-5-7-22(8-6-20)32-12-9-19(10-13-32)14-23-30-18(2)26(35)25(31-23)27(36)29-16-24(33)34/h3-8,11,15,17,19,35H,9-10,12-14,16H2,1-2H3,(H,29,36)(H,33,34). The lowest BCUT2D eigenvalue weighted by atomic mass is 9.92. The van der Waals surface area contributed by atoms with Gasteiger partial charge in [0.05, 0.1) is 5.69 Å². The van der Waals surface area contributed by atoms with Gasteiger partial charge in [0.25, 0.3) is 5.91 Å². The van der Waals surface area contributed by atoms with Crippen molar-refractivity contribution in [3.63, 3.8) is 0 Å². The minimum Gasteiger partial charge on any atom is -0.504 e. The van der Waals surface area contributed by atoms with E-state index < -0.39 is 18.4 Å². The Hall–Kier alpha value is -4.01. The second-order valence-corrected chi connectivity index (χ2v) is 9.23. The maximum atomic E-state index is 12.3. The van der Waals surface area contributed by atoms with E-state index in [1.165, 1.54) is 16.8 Å². The molecule has 1 unspecified atom stereocenters. The monoisotopic (exact) mass is 489 g/mol. The smallest absolute Gasteiger partial charge is 0.322 e. The van der Waals surface area contributed by atoms with Gasteiger partial charge in [0.2, 0.25) is 0 Å². The molecule has 9 heteroatoms. The average molecular weight is 490 g/mol. The minimum absolute atomic E-state index is 0.184. The number of aromatic hydroxyl groups is 1. The highest BCUT2D eigenvalue weighted by Gasteiger charge is 2.24. The highest BCUT2D eigenvalue weighted by Crippen LogP contribution is 2.29. The van der Waals surface area contributed by atoms with E-state index in [1.54, 1.807) is 13.1 Å². The highest BCUT2D eigenvalue weighted by molar-refractivity contribution is 5.96. The molecule has 1 saturated heterocycles. The van der Waals surface area contributed by atoms with Gasteiger partial charge in [-0.25, -0.2) is 9.97 Å². The first kappa shape index (κ1) is 25.1. The summed E-state index contributed by atoms with van der Waals surface area (Å²) >= 11 is 0. The van der Waals surface area contributed by atoms with E-state index in [-0.39, 0.29) is 17.4 Å². The number of nitrogens with one attached hydrogen (secondary N) is 1. The Bertz CT molecular complexity index is 1210. The fourth-order valence-corrected chi connectivity index (χ4v) is 4.57. The number of nitrogens with zero attached hydrogens (tertiary/aromatic N) is 4. The summed E-state index contributed by atoms with van der Waals surface area (Å²) in [5, 5.41) is 21.2. The number of anilines is 1. The number of carbonyl (C=O) groups is 2. The molecule has 3 N–H and O–H groups in total. The van der Waals surface area contributed by atoms with Crippen molar-refractivity contribution in [2.45, 2.75) is 39.0 Å². The molecule has 0 bridgehead atoms. The Kier molecular flexibility index (Phi) is 7.77. The van der Waals surface area contributed by atoms with Gasteiger partial charge < -0.3 is 20.4 Å². The normalized spacial score (nSPS) is 14.9. The van der Waals surface area contributed by atoms with Crippen LogP contribution in [0.3, 0.4) is 0 Å². The zero-order chi connectivity index (χ0) is 25.7. The number of hydrogen-bond acceptors (Lipinski definition) is 7. The molecule has 0 saturated carbocycles. The van der Waals surface area contributed by atoms with Crippen LogP contribution < -0.4 is 10.2 Å². The first-order valence-corrected chi connectivity index (χ1v) is 12.1. The molecule has 2 aromatic heterocycles. The van der Waals surface area contributed by atoms with Crippen molar-refractivity contribution in [3.05, 3.63) is 77.1 Å². The van der Waals surface area contributed by atoms with Gasteiger partial charge in [0, 0.05) is 43.5 Å². The number of amides is 1. The van der Waals surface area contributed by atoms with E-state index in [9.17, 15) is 14.7 Å². The number of carboxylic acid groups (broad SMARTS) is 1. The minimum atomic E-state index is -1.17. The zero-order valence-electron chi connectivity index (χ0n) is 20.5. The van der Waals surface area contributed by atoms with Gasteiger partial charge in [0.1, 0.15) is 12.4 Å². The number of carbonyl (C=O) groups excluding carboxylic acids is 1. The Morgan fingerprint density at radius 3 is 2.47 bits per heavy atom. The number of pyridine rings is 1. The van der Waals surface area contributed by atoms with Gasteiger partial charge in [0.15, 0.2) is 11.4 Å². The van der Waals surface area contributed by atoms with Crippen LogP contribution in [0.15, 0.2) is 48.8 Å². The first-order chi connectivity index (χ1) is 17.3. The van der Waals surface area contributed by atoms with Crippen molar-refractivity contribution in [2.24, 2.45) is 5.92 Å². The molecule has 0 radical (unpaired) electrons. The van der Waals surface area contributed by atoms with Gasteiger partial charge in [-0.3, -0.25) is 14.6 Å². The van der Waals surface area contributed by atoms with Crippen LogP contribution in [0, 0.1) is 12.8 Å². The third-order valence-electron chi connectivity index (χ3n) is 6.75. The van der Waals surface area contributed by atoms with E-state index in [2.05, 4.69) is 62.4 Å². The van der Waals surface area contributed by atoms with Crippen LogP contribution in [-0.2, 0) is 11.2 Å². The van der Waals surface area contributed by atoms with Gasteiger partial charge in [-0.2, -0.15) is 0 Å². The number of carboxylic acids is 1. The molecule has 1 amide bonds. The van der Waals surface area contributed by atoms with Gasteiger partial charge in [-0.15, -0.1) is 0 Å². The lowest BCUT2D eigenvalue weighted by Crippen LogP contribution is -2.34. The summed E-state index contributed by atoms with van der Waals surface area (Å²) in [6, 6.07) is 12.8. The van der Waals surface area contributed by atoms with Crippen molar-refractivity contribution < 1.29 is 19.8 Å². The topological polar surface area (TPSA) is 129 Å². The summed E-state index contributed by atoms with van der Waals surface area (Å²) in [5.41, 5.74) is 3.77. The number of rotatable bonds is 8. The largest absolute Gasteiger partial charge is 0.504 e. The highest BCUT2D eigenvalue weighted by atomic mass is 16.4. The zero-order valence-corrected chi connectivity index (χ0v) is 20.5. The maximum Gasteiger partial charge on any atom is 0.322 e. The van der Waals surface area contributed by atoms with E-state index >= 15 is 0 Å². The van der Waals surface area contributed by atoms with Crippen LogP contribution >= 0.6 is 0 Å². The number of piperidine rings is 1. The lowest BCUT2D eigenvalue weighted by Gasteiger charge is -2.33. The molecule has 3 heterocycles. The van der Waals surface area contributed by atoms with Crippen molar-refractivity contribution in [2.75, 3.05) is 24.5 Å². The summed E-state index contributed by atoms with van der Waals surface area (Å²) in [7, 11) is 0. The third kappa shape index (κ3) is 5.97. The molecule has 0 aliphatic carbocycles. The van der Waals surface area contributed by atoms with Crippen LogP contribution in [0.4, 0.5) is 5.69 Å². The van der Waals surface area contributed by atoms with Gasteiger partial charge >= 0.3 is 5.97 Å². The summed E-state index contributed by atoms with van der Waals surface area (Å²) in [4.78, 5) is 38.2. The van der Waals surface area contributed by atoms with E-state index in [0.29, 0.717) is 23.9 Å². The van der Waals surface area contributed by atoms with Crippen molar-refractivity contribution in [1.82, 2.24) is 20.3 Å². The Balaban J connectivity index is 1.35. The predicted molar refractivity (Wildman–Crippen MR) is 135 cm³/mol. The van der Waals surface area contributed by atoms with E-state index in [4.69, 9.17) is 5.11 Å². The number of hydrogen-bond donors (Lipinski definition) is 3. The first-order valence-electron chi connectivity index (χ1n) is 12.1. The molecule has 3 aromatic rings. The molecule has 1 aromatic carbocycles. The van der Waals surface area contributed by atoms with Crippen LogP contribution in [-0.4, -0.2) is 56.7 Å². The van der Waals surface area contributed by atoms with Crippen LogP contribution in [0.1, 0.15) is 58.8 Å². The van der Waals surface area contributed by atoms with Gasteiger partial charge in [-0.05, 0) is 55.0 Å². The predicted octanol–water partition coefficient (Wildman–Crippen LogP) is 3.31. The summed E-state index contributed by atoms with van der Waals surface area (Å²) in [6.07, 6.45) is 6.20. The molecule has 188 valence electrons. The number of aliphatic carboxylic acids is 1. The van der Waals surface area contributed by atoms with Crippen LogP contribution in [0.2, 0.25) is 0 Å². The molecule has 1 atom stereocenters. The molecule has 36 heavy (non-hydrogen) atoms. The lowest BCUT2D eigenvalue weighted by molar-refractivity contribution is -0.135. The number of aryl methyl sites for hydroxylation is 1. The average Bonchev–Trinajstić information content (AvgIpc) is 2.90. The van der Waals surface area contributed by atoms with Gasteiger partial charge in [-0.1, -0.05) is 25.1 Å². The van der Waals surface area contributed by atoms with Crippen molar-refractivity contribution in [3.8, 4) is 5.75 Å². The quantitative estimate of drug-likeness (QED) is 0.440. The summed E-state index contributed by atoms with van der Waals surface area (Å²) in [5.74, 6) is -1.10. The molecule has 1 aliphatic rings. The SMILES string of the molecule is Cc1nc(CC2CCN(c3ccc(C(C)c4cccnc4)cc3)CC2)nc(C(=O)NCC(=O)O)c1O. The molecular weight excluding hydrogens is 458 g/mol. The fraction of sp³-hybridized carbons (Fsp3) is 0.370. The molecule has 1 aliphatic heterocycles.